The summed E-state index contributed by atoms with van der Waals surface area (Å²) in [5, 5.41) is 11.2. The molecule has 2 aliphatic rings. The van der Waals surface area contributed by atoms with E-state index in [2.05, 4.69) is 28.8 Å². The van der Waals surface area contributed by atoms with Crippen molar-refractivity contribution in [3.63, 3.8) is 0 Å². The maximum atomic E-state index is 13.5. The van der Waals surface area contributed by atoms with Crippen LogP contribution < -0.4 is 4.72 Å². The molecule has 2 N–H and O–H groups in total. The molecule has 206 valence electrons. The lowest BCUT2D eigenvalue weighted by molar-refractivity contribution is -0.161. The lowest BCUT2D eigenvalue weighted by atomic mass is 9.79. The van der Waals surface area contributed by atoms with E-state index in [-0.39, 0.29) is 10.8 Å². The van der Waals surface area contributed by atoms with Crippen LogP contribution in [0.15, 0.2) is 83.5 Å². The number of hydrogen-bond acceptors (Lipinski definition) is 6. The minimum absolute atomic E-state index is 0.0695. The molecule has 1 unspecified atom stereocenters. The highest BCUT2D eigenvalue weighted by molar-refractivity contribution is 7.92. The number of benzene rings is 2. The average molecular weight is 550 g/mol. The molecule has 0 saturated heterocycles. The van der Waals surface area contributed by atoms with Crippen molar-refractivity contribution in [2.45, 2.75) is 68.9 Å². The fourth-order valence-corrected chi connectivity index (χ4v) is 6.81. The summed E-state index contributed by atoms with van der Waals surface area (Å²) in [7, 11) is -2.18. The zero-order valence-electron chi connectivity index (χ0n) is 22.4. The van der Waals surface area contributed by atoms with Crippen molar-refractivity contribution in [1.29, 1.82) is 0 Å². The Morgan fingerprint density at radius 3 is 2.44 bits per heavy atom. The van der Waals surface area contributed by atoms with Crippen LogP contribution in [0.3, 0.4) is 0 Å². The molecule has 1 fully saturated rings. The smallest absolute Gasteiger partial charge is 0.338 e. The van der Waals surface area contributed by atoms with Crippen molar-refractivity contribution in [3.8, 4) is 0 Å². The van der Waals surface area contributed by atoms with Gasteiger partial charge in [-0.05, 0) is 55.7 Å². The second-order valence-corrected chi connectivity index (χ2v) is 12.5. The monoisotopic (exact) mass is 549 g/mol. The van der Waals surface area contributed by atoms with Crippen LogP contribution in [0.1, 0.15) is 56.6 Å². The molecule has 0 amide bonds. The number of aromatic nitrogens is 2. The second kappa shape index (κ2) is 10.5. The van der Waals surface area contributed by atoms with Crippen LogP contribution in [0.25, 0.3) is 0 Å². The third-order valence-electron chi connectivity index (χ3n) is 7.84. The molecular formula is C30H35N3O5S. The Morgan fingerprint density at radius 2 is 1.79 bits per heavy atom. The van der Waals surface area contributed by atoms with Gasteiger partial charge in [-0.3, -0.25) is 4.72 Å². The van der Waals surface area contributed by atoms with E-state index >= 15 is 0 Å². The van der Waals surface area contributed by atoms with Gasteiger partial charge < -0.3 is 14.4 Å². The van der Waals surface area contributed by atoms with Gasteiger partial charge in [0.05, 0.1) is 17.6 Å². The van der Waals surface area contributed by atoms with Crippen molar-refractivity contribution < 1.29 is 23.1 Å². The maximum Gasteiger partial charge on any atom is 0.338 e. The predicted molar refractivity (Wildman–Crippen MR) is 149 cm³/mol. The number of rotatable bonds is 11. The first kappa shape index (κ1) is 27.0. The molecule has 1 aromatic heterocycles. The van der Waals surface area contributed by atoms with Gasteiger partial charge in [0, 0.05) is 25.1 Å². The van der Waals surface area contributed by atoms with E-state index in [1.54, 1.807) is 23.7 Å². The number of para-hydroxylation sites is 1. The van der Waals surface area contributed by atoms with Crippen molar-refractivity contribution in [2.75, 3.05) is 4.72 Å². The molecule has 1 atom stereocenters. The molecule has 9 heteroatoms. The van der Waals surface area contributed by atoms with E-state index in [4.69, 9.17) is 4.74 Å². The average Bonchev–Trinajstić information content (AvgIpc) is 3.51. The summed E-state index contributed by atoms with van der Waals surface area (Å²) in [6.07, 6.45) is 7.91. The molecule has 2 aromatic carbocycles. The Labute approximate surface area is 229 Å². The number of aliphatic hydroxyl groups is 1. The number of sulfonamides is 1. The minimum atomic E-state index is -3.88. The summed E-state index contributed by atoms with van der Waals surface area (Å²) in [4.78, 5) is 17.5. The van der Waals surface area contributed by atoms with Gasteiger partial charge in [-0.2, -0.15) is 8.42 Å². The molecule has 0 radical (unpaired) electrons. The molecular weight excluding hydrogens is 514 g/mol. The Hall–Kier alpha value is -3.59. The zero-order chi connectivity index (χ0) is 27.7. The highest BCUT2D eigenvalue weighted by atomic mass is 32.2. The number of nitrogens with one attached hydrogen (secondary N) is 1. The van der Waals surface area contributed by atoms with Crippen molar-refractivity contribution in [1.82, 2.24) is 9.55 Å². The van der Waals surface area contributed by atoms with Crippen molar-refractivity contribution in [3.05, 3.63) is 89.6 Å². The molecule has 39 heavy (non-hydrogen) atoms. The van der Waals surface area contributed by atoms with Crippen molar-refractivity contribution in [2.24, 2.45) is 12.5 Å². The Kier molecular flexibility index (Phi) is 7.29. The quantitative estimate of drug-likeness (QED) is 0.307. The van der Waals surface area contributed by atoms with Crippen LogP contribution in [0, 0.1) is 5.41 Å². The first-order valence-corrected chi connectivity index (χ1v) is 14.9. The summed E-state index contributed by atoms with van der Waals surface area (Å²) >= 11 is 0. The van der Waals surface area contributed by atoms with E-state index in [0.717, 1.165) is 18.4 Å². The van der Waals surface area contributed by atoms with Gasteiger partial charge >= 0.3 is 5.97 Å². The minimum Gasteiger partial charge on any atom is -0.512 e. The summed E-state index contributed by atoms with van der Waals surface area (Å²) in [5.41, 5.74) is 1.38. The SMILES string of the molecule is CCCC1(CCc2ccccc2)CC(O)=C(C2(Cc3ccccc3NS(=O)(=O)c3cn(C)cn3)CC2)C(=O)O1. The van der Waals surface area contributed by atoms with E-state index in [9.17, 15) is 18.3 Å². The van der Waals surface area contributed by atoms with Crippen molar-refractivity contribution >= 4 is 21.7 Å². The van der Waals surface area contributed by atoms with Gasteiger partial charge in [-0.1, -0.05) is 61.9 Å². The molecule has 5 rings (SSSR count). The predicted octanol–water partition coefficient (Wildman–Crippen LogP) is 5.47. The number of hydrogen-bond donors (Lipinski definition) is 2. The number of cyclic esters (lactones) is 1. The third kappa shape index (κ3) is 5.73. The molecule has 3 aromatic rings. The summed E-state index contributed by atoms with van der Waals surface area (Å²) in [6, 6.07) is 17.2. The van der Waals surface area contributed by atoms with Crippen LogP contribution in [-0.4, -0.2) is 34.6 Å². The van der Waals surface area contributed by atoms with E-state index in [1.165, 1.54) is 18.1 Å². The first-order valence-electron chi connectivity index (χ1n) is 13.4. The fourth-order valence-electron chi connectivity index (χ4n) is 5.72. The van der Waals surface area contributed by atoms with Crippen LogP contribution >= 0.6 is 0 Å². The summed E-state index contributed by atoms with van der Waals surface area (Å²) in [6.45, 7) is 2.06. The van der Waals surface area contributed by atoms with Gasteiger partial charge in [0.15, 0.2) is 5.03 Å². The van der Waals surface area contributed by atoms with Crippen LogP contribution in [0.4, 0.5) is 5.69 Å². The van der Waals surface area contributed by atoms with Crippen LogP contribution in [-0.2, 0) is 39.4 Å². The molecule has 1 aliphatic carbocycles. The van der Waals surface area contributed by atoms with Crippen LogP contribution in [0.5, 0.6) is 0 Å². The van der Waals surface area contributed by atoms with Gasteiger partial charge in [0.1, 0.15) is 11.4 Å². The summed E-state index contributed by atoms with van der Waals surface area (Å²) < 4.78 is 36.3. The fraction of sp³-hybridized carbons (Fsp3) is 0.400. The number of aliphatic hydroxyl groups excluding tert-OH is 1. The number of carbonyl (C=O) groups is 1. The first-order chi connectivity index (χ1) is 18.7. The number of imidazole rings is 1. The lowest BCUT2D eigenvalue weighted by Gasteiger charge is -2.39. The highest BCUT2D eigenvalue weighted by Crippen LogP contribution is 2.58. The molecule has 1 aliphatic heterocycles. The Morgan fingerprint density at radius 1 is 1.08 bits per heavy atom. The van der Waals surface area contributed by atoms with Gasteiger partial charge in [-0.25, -0.2) is 9.78 Å². The van der Waals surface area contributed by atoms with Gasteiger partial charge in [-0.15, -0.1) is 0 Å². The lowest BCUT2D eigenvalue weighted by Crippen LogP contribution is -2.42. The maximum absolute atomic E-state index is 13.5. The standard InChI is InChI=1S/C30H35N3O5S/c1-3-14-30(15-13-22-9-5-4-6-10-22)19-25(34)27(28(35)38-30)29(16-17-29)18-23-11-7-8-12-24(23)32-39(36,37)26-20-33(2)21-31-26/h4-12,20-21,32,34H,3,13-19H2,1-2H3. The number of anilines is 1. The van der Waals surface area contributed by atoms with E-state index in [0.29, 0.717) is 49.8 Å². The number of carbonyl (C=O) groups excluding carboxylic acids is 1. The van der Waals surface area contributed by atoms with E-state index in [1.807, 2.05) is 30.3 Å². The zero-order valence-corrected chi connectivity index (χ0v) is 23.2. The Balaban J connectivity index is 1.38. The molecule has 1 saturated carbocycles. The van der Waals surface area contributed by atoms with Gasteiger partial charge in [0.25, 0.3) is 10.0 Å². The van der Waals surface area contributed by atoms with Crippen LogP contribution in [0.2, 0.25) is 0 Å². The number of nitrogens with zero attached hydrogens (tertiary/aromatic N) is 2. The molecule has 2 heterocycles. The largest absolute Gasteiger partial charge is 0.512 e. The second-order valence-electron chi connectivity index (χ2n) is 10.9. The molecule has 0 bridgehead atoms. The normalized spacial score (nSPS) is 20.5. The highest BCUT2D eigenvalue weighted by Gasteiger charge is 2.55. The third-order valence-corrected chi connectivity index (χ3v) is 9.09. The number of ether oxygens (including phenoxy) is 1. The number of aryl methyl sites for hydroxylation is 2. The Bertz CT molecular complexity index is 1490. The van der Waals surface area contributed by atoms with Gasteiger partial charge in [0.2, 0.25) is 0 Å². The topological polar surface area (TPSA) is 111 Å². The number of esters is 1. The molecule has 0 spiro atoms. The summed E-state index contributed by atoms with van der Waals surface area (Å²) in [5.74, 6) is -0.346. The molecule has 8 nitrogen and oxygen atoms in total. The van der Waals surface area contributed by atoms with E-state index < -0.39 is 27.0 Å².